The van der Waals surface area contributed by atoms with E-state index in [-0.39, 0.29) is 18.5 Å². The van der Waals surface area contributed by atoms with Crippen LogP contribution < -0.4 is 16.0 Å². The lowest BCUT2D eigenvalue weighted by Crippen LogP contribution is -2.33. The molecule has 5 nitrogen and oxygen atoms in total. The Hall–Kier alpha value is -3.70. The number of amides is 2. The van der Waals surface area contributed by atoms with Gasteiger partial charge in [0.15, 0.2) is 0 Å². The molecule has 0 radical (unpaired) electrons. The number of carbonyl (C=O) groups excluding carboxylic acids is 1. The van der Waals surface area contributed by atoms with Gasteiger partial charge in [0.2, 0.25) is 0 Å². The summed E-state index contributed by atoms with van der Waals surface area (Å²) in [5.41, 5.74) is -0.530. The second kappa shape index (κ2) is 12.9. The van der Waals surface area contributed by atoms with Crippen LogP contribution >= 0.6 is 11.6 Å². The summed E-state index contributed by atoms with van der Waals surface area (Å²) in [6.45, 7) is 1.39. The molecule has 0 fully saturated rings. The van der Waals surface area contributed by atoms with Gasteiger partial charge < -0.3 is 20.9 Å². The molecule has 0 aliphatic heterocycles. The van der Waals surface area contributed by atoms with Gasteiger partial charge in [0.25, 0.3) is 0 Å². The zero-order chi connectivity index (χ0) is 29.6. The first-order chi connectivity index (χ1) is 19.4. The van der Waals surface area contributed by atoms with Crippen LogP contribution in [0.4, 0.5) is 36.8 Å². The summed E-state index contributed by atoms with van der Waals surface area (Å²) in [5.74, 6) is -0.203. The molecule has 41 heavy (non-hydrogen) atoms. The van der Waals surface area contributed by atoms with Crippen molar-refractivity contribution >= 4 is 34.2 Å². The summed E-state index contributed by atoms with van der Waals surface area (Å²) in [6, 6.07) is 15.0. The van der Waals surface area contributed by atoms with E-state index in [1.807, 2.05) is 24.4 Å². The number of halogens is 7. The van der Waals surface area contributed by atoms with Gasteiger partial charge in [0, 0.05) is 40.3 Å². The first kappa shape index (κ1) is 30.3. The molecule has 1 heterocycles. The van der Waals surface area contributed by atoms with Crippen LogP contribution in [0.1, 0.15) is 34.6 Å². The number of aromatic nitrogens is 1. The molecular weight excluding hydrogens is 570 g/mol. The third-order valence-electron chi connectivity index (χ3n) is 6.61. The van der Waals surface area contributed by atoms with E-state index < -0.39 is 35.2 Å². The Bertz CT molecular complexity index is 1430. The molecule has 0 saturated carbocycles. The molecule has 4 rings (SSSR count). The number of anilines is 1. The highest BCUT2D eigenvalue weighted by Crippen LogP contribution is 2.37. The average molecular weight is 597 g/mol. The number of benzene rings is 3. The molecule has 12 heteroatoms. The SMILES string of the molecule is O=C(NCC(CCNCCc1c[nH]c2ccccc12)c1ccc(Cl)cc1)Nc1cc(C(F)(F)F)cc(C(F)(F)F)c1. The van der Waals surface area contributed by atoms with E-state index in [0.717, 1.165) is 22.9 Å². The minimum Gasteiger partial charge on any atom is -0.361 e. The van der Waals surface area contributed by atoms with Crippen molar-refractivity contribution in [2.45, 2.75) is 31.1 Å². The minimum atomic E-state index is -5.02. The normalized spacial score (nSPS) is 12.9. The number of para-hydroxylation sites is 1. The summed E-state index contributed by atoms with van der Waals surface area (Å²) >= 11 is 6.00. The van der Waals surface area contributed by atoms with Gasteiger partial charge in [-0.2, -0.15) is 26.3 Å². The predicted octanol–water partition coefficient (Wildman–Crippen LogP) is 7.99. The van der Waals surface area contributed by atoms with Gasteiger partial charge >= 0.3 is 18.4 Å². The van der Waals surface area contributed by atoms with Crippen molar-refractivity contribution in [3.8, 4) is 0 Å². The van der Waals surface area contributed by atoms with E-state index in [4.69, 9.17) is 11.6 Å². The molecule has 218 valence electrons. The van der Waals surface area contributed by atoms with Crippen molar-refractivity contribution in [1.82, 2.24) is 15.6 Å². The molecule has 0 spiro atoms. The third-order valence-corrected chi connectivity index (χ3v) is 6.86. The van der Waals surface area contributed by atoms with E-state index in [0.29, 0.717) is 36.7 Å². The quantitative estimate of drug-likeness (QED) is 0.111. The Kier molecular flexibility index (Phi) is 9.49. The van der Waals surface area contributed by atoms with Gasteiger partial charge in [-0.3, -0.25) is 0 Å². The van der Waals surface area contributed by atoms with Crippen molar-refractivity contribution in [1.29, 1.82) is 0 Å². The van der Waals surface area contributed by atoms with Crippen LogP contribution in [0, 0.1) is 0 Å². The largest absolute Gasteiger partial charge is 0.416 e. The van der Waals surface area contributed by atoms with Crippen molar-refractivity contribution in [3.05, 3.63) is 100 Å². The summed E-state index contributed by atoms with van der Waals surface area (Å²) in [7, 11) is 0. The van der Waals surface area contributed by atoms with Crippen LogP contribution in [0.2, 0.25) is 5.02 Å². The van der Waals surface area contributed by atoms with Crippen LogP contribution in [-0.2, 0) is 18.8 Å². The lowest BCUT2D eigenvalue weighted by Gasteiger charge is -2.20. The van der Waals surface area contributed by atoms with Gasteiger partial charge in [0.1, 0.15) is 0 Å². The van der Waals surface area contributed by atoms with E-state index in [9.17, 15) is 31.1 Å². The van der Waals surface area contributed by atoms with Gasteiger partial charge in [-0.1, -0.05) is 41.9 Å². The van der Waals surface area contributed by atoms with Crippen LogP contribution in [0.25, 0.3) is 10.9 Å². The van der Waals surface area contributed by atoms with Crippen molar-refractivity contribution in [2.75, 3.05) is 25.0 Å². The number of hydrogen-bond donors (Lipinski definition) is 4. The Balaban J connectivity index is 1.36. The number of H-pyrrole nitrogens is 1. The fourth-order valence-electron chi connectivity index (χ4n) is 4.50. The summed E-state index contributed by atoms with van der Waals surface area (Å²) in [4.78, 5) is 15.8. The molecule has 4 aromatic rings. The van der Waals surface area contributed by atoms with Gasteiger partial charge in [-0.05, 0) is 73.5 Å². The van der Waals surface area contributed by atoms with E-state index in [1.54, 1.807) is 24.3 Å². The van der Waals surface area contributed by atoms with Gasteiger partial charge in [-0.15, -0.1) is 0 Å². The number of fused-ring (bicyclic) bond motifs is 1. The lowest BCUT2D eigenvalue weighted by molar-refractivity contribution is -0.143. The zero-order valence-corrected chi connectivity index (χ0v) is 22.4. The zero-order valence-electron chi connectivity index (χ0n) is 21.6. The van der Waals surface area contributed by atoms with Crippen LogP contribution in [0.15, 0.2) is 72.9 Å². The first-order valence-electron chi connectivity index (χ1n) is 12.8. The number of aromatic amines is 1. The standard InChI is InChI=1S/C29H27ClF6N4O/c30-23-7-5-18(6-8-23)19(9-11-37-12-10-20-17-38-26-4-2-1-3-25(20)26)16-39-27(41)40-24-14-21(28(31,32)33)13-22(15-24)29(34,35)36/h1-8,13-15,17,19,37-38H,9-12,16H2,(H2,39,40,41). The summed E-state index contributed by atoms with van der Waals surface area (Å²) in [5, 5.41) is 9.74. The molecule has 1 atom stereocenters. The molecular formula is C29H27ClF6N4O. The third kappa shape index (κ3) is 8.40. The van der Waals surface area contributed by atoms with E-state index in [1.165, 1.54) is 5.56 Å². The summed E-state index contributed by atoms with van der Waals surface area (Å²) in [6.07, 6.45) is -6.66. The second-order valence-corrected chi connectivity index (χ2v) is 9.96. The Morgan fingerprint density at radius 2 is 1.54 bits per heavy atom. The predicted molar refractivity (Wildman–Crippen MR) is 147 cm³/mol. The topological polar surface area (TPSA) is 69.0 Å². The van der Waals surface area contributed by atoms with Crippen LogP contribution in [-0.4, -0.2) is 30.6 Å². The molecule has 0 bridgehead atoms. The molecule has 1 unspecified atom stereocenters. The van der Waals surface area contributed by atoms with Crippen molar-refractivity contribution in [3.63, 3.8) is 0 Å². The molecule has 0 saturated heterocycles. The number of urea groups is 1. The number of alkyl halides is 6. The lowest BCUT2D eigenvalue weighted by atomic mass is 9.95. The average Bonchev–Trinajstić information content (AvgIpc) is 3.32. The number of rotatable bonds is 10. The maximum atomic E-state index is 13.2. The molecule has 0 aliphatic carbocycles. The maximum Gasteiger partial charge on any atom is 0.416 e. The number of carbonyl (C=O) groups is 1. The number of hydrogen-bond acceptors (Lipinski definition) is 2. The molecule has 0 aliphatic rings. The van der Waals surface area contributed by atoms with Crippen LogP contribution in [0.5, 0.6) is 0 Å². The molecule has 2 amide bonds. The highest BCUT2D eigenvalue weighted by Gasteiger charge is 2.37. The monoisotopic (exact) mass is 596 g/mol. The smallest absolute Gasteiger partial charge is 0.361 e. The van der Waals surface area contributed by atoms with Gasteiger partial charge in [-0.25, -0.2) is 4.79 Å². The Morgan fingerprint density at radius 1 is 0.878 bits per heavy atom. The molecule has 1 aromatic heterocycles. The minimum absolute atomic E-state index is 0.00514. The first-order valence-corrected chi connectivity index (χ1v) is 13.1. The second-order valence-electron chi connectivity index (χ2n) is 9.53. The Morgan fingerprint density at radius 3 is 2.20 bits per heavy atom. The van der Waals surface area contributed by atoms with Crippen LogP contribution in [0.3, 0.4) is 0 Å². The fraction of sp³-hybridized carbons (Fsp3) is 0.276. The van der Waals surface area contributed by atoms with Crippen molar-refractivity contribution in [2.24, 2.45) is 0 Å². The van der Waals surface area contributed by atoms with Gasteiger partial charge in [0.05, 0.1) is 11.1 Å². The number of nitrogens with one attached hydrogen (secondary N) is 4. The summed E-state index contributed by atoms with van der Waals surface area (Å²) < 4.78 is 78.9. The van der Waals surface area contributed by atoms with E-state index >= 15 is 0 Å². The fourth-order valence-corrected chi connectivity index (χ4v) is 4.63. The molecule has 3 aromatic carbocycles. The highest BCUT2D eigenvalue weighted by molar-refractivity contribution is 6.30. The highest BCUT2D eigenvalue weighted by atomic mass is 35.5. The van der Waals surface area contributed by atoms with E-state index in [2.05, 4.69) is 27.0 Å². The maximum absolute atomic E-state index is 13.2. The Labute approximate surface area is 237 Å². The van der Waals surface area contributed by atoms with Crippen molar-refractivity contribution < 1.29 is 31.1 Å². The molecule has 4 N–H and O–H groups in total.